The van der Waals surface area contributed by atoms with E-state index in [9.17, 15) is 9.59 Å². The molecule has 2 unspecified atom stereocenters. The molecule has 1 amide bonds. The highest BCUT2D eigenvalue weighted by Gasteiger charge is 2.65. The van der Waals surface area contributed by atoms with Gasteiger partial charge in [0.05, 0.1) is 16.7 Å². The third kappa shape index (κ3) is 3.09. The van der Waals surface area contributed by atoms with Crippen LogP contribution < -0.4 is 4.90 Å². The van der Waals surface area contributed by atoms with Gasteiger partial charge in [-0.3, -0.25) is 0 Å². The van der Waals surface area contributed by atoms with E-state index in [0.717, 1.165) is 24.3 Å². The lowest BCUT2D eigenvalue weighted by Crippen LogP contribution is -2.49. The minimum atomic E-state index is -0.725. The summed E-state index contributed by atoms with van der Waals surface area (Å²) in [6.07, 6.45) is 1.38. The van der Waals surface area contributed by atoms with E-state index in [1.807, 2.05) is 69.4 Å². The van der Waals surface area contributed by atoms with E-state index in [1.54, 1.807) is 0 Å². The molecular formula is C25H26N2O4. The van der Waals surface area contributed by atoms with Crippen LogP contribution in [0.15, 0.2) is 66.4 Å². The number of anilines is 1. The van der Waals surface area contributed by atoms with Gasteiger partial charge in [-0.1, -0.05) is 48.5 Å². The normalized spacial score (nSPS) is 24.2. The third-order valence-electron chi connectivity index (χ3n) is 6.14. The van der Waals surface area contributed by atoms with Gasteiger partial charge in [-0.2, -0.15) is 0 Å². The highest BCUT2D eigenvalue weighted by atomic mass is 16.6. The molecule has 0 aromatic heterocycles. The van der Waals surface area contributed by atoms with E-state index < -0.39 is 23.3 Å². The number of hydrogen-bond donors (Lipinski definition) is 0. The van der Waals surface area contributed by atoms with Crippen molar-refractivity contribution in [3.8, 4) is 0 Å². The molecule has 31 heavy (non-hydrogen) atoms. The van der Waals surface area contributed by atoms with Gasteiger partial charge in [0.25, 0.3) is 0 Å². The number of hydrogen-bond acceptors (Lipinski definition) is 5. The van der Waals surface area contributed by atoms with Gasteiger partial charge in [-0.05, 0) is 44.4 Å². The van der Waals surface area contributed by atoms with Crippen LogP contribution in [0.1, 0.15) is 38.3 Å². The number of carbonyl (C=O) groups is 2. The van der Waals surface area contributed by atoms with Crippen molar-refractivity contribution in [1.82, 2.24) is 4.90 Å². The molecule has 1 fully saturated rings. The molecule has 0 N–H and O–H groups in total. The summed E-state index contributed by atoms with van der Waals surface area (Å²) in [7, 11) is 0. The third-order valence-corrected chi connectivity index (χ3v) is 6.14. The van der Waals surface area contributed by atoms with Crippen molar-refractivity contribution in [2.24, 2.45) is 0 Å². The predicted molar refractivity (Wildman–Crippen MR) is 116 cm³/mol. The quantitative estimate of drug-likeness (QED) is 0.679. The van der Waals surface area contributed by atoms with Crippen LogP contribution in [0.3, 0.4) is 0 Å². The van der Waals surface area contributed by atoms with Gasteiger partial charge in [0, 0.05) is 19.3 Å². The Morgan fingerprint density at radius 2 is 1.84 bits per heavy atom. The summed E-state index contributed by atoms with van der Waals surface area (Å²) in [4.78, 5) is 29.8. The first-order valence-electron chi connectivity index (χ1n) is 10.6. The van der Waals surface area contributed by atoms with E-state index in [4.69, 9.17) is 9.47 Å². The van der Waals surface area contributed by atoms with Gasteiger partial charge in [0.1, 0.15) is 5.60 Å². The molecule has 0 radical (unpaired) electrons. The number of amides is 1. The Morgan fingerprint density at radius 1 is 1.13 bits per heavy atom. The number of fused-ring (bicyclic) bond motifs is 1. The molecule has 5 rings (SSSR count). The highest BCUT2D eigenvalue weighted by molar-refractivity contribution is 6.02. The van der Waals surface area contributed by atoms with E-state index in [0.29, 0.717) is 12.0 Å². The largest absolute Gasteiger partial charge is 0.443 e. The van der Waals surface area contributed by atoms with Crippen LogP contribution in [-0.2, 0) is 26.2 Å². The van der Waals surface area contributed by atoms with Crippen molar-refractivity contribution in [1.29, 1.82) is 0 Å². The molecule has 2 aromatic rings. The number of benzene rings is 2. The van der Waals surface area contributed by atoms with E-state index in [2.05, 4.69) is 17.0 Å². The summed E-state index contributed by atoms with van der Waals surface area (Å²) in [5.74, 6) is -0.370. The molecule has 1 spiro atoms. The average Bonchev–Trinajstić information content (AvgIpc) is 3.15. The molecule has 0 saturated carbocycles. The lowest BCUT2D eigenvalue weighted by atomic mass is 9.72. The molecule has 2 atom stereocenters. The van der Waals surface area contributed by atoms with Crippen LogP contribution in [-0.4, -0.2) is 35.3 Å². The Balaban J connectivity index is 1.55. The van der Waals surface area contributed by atoms with Crippen LogP contribution >= 0.6 is 0 Å². The molecule has 3 aliphatic heterocycles. The number of ether oxygens (including phenoxy) is 2. The summed E-state index contributed by atoms with van der Waals surface area (Å²) in [6, 6.07) is 17.9. The van der Waals surface area contributed by atoms with Crippen LogP contribution in [0, 0.1) is 0 Å². The maximum atomic E-state index is 13.1. The van der Waals surface area contributed by atoms with Crippen molar-refractivity contribution >= 4 is 17.7 Å². The van der Waals surface area contributed by atoms with Crippen LogP contribution in [0.2, 0.25) is 0 Å². The molecule has 3 aliphatic rings. The van der Waals surface area contributed by atoms with Gasteiger partial charge in [-0.25, -0.2) is 14.5 Å². The zero-order valence-electron chi connectivity index (χ0n) is 18.0. The second-order valence-corrected chi connectivity index (χ2v) is 9.35. The second-order valence-electron chi connectivity index (χ2n) is 9.35. The summed E-state index contributed by atoms with van der Waals surface area (Å²) in [5.41, 5.74) is 2.16. The summed E-state index contributed by atoms with van der Waals surface area (Å²) >= 11 is 0. The fourth-order valence-electron chi connectivity index (χ4n) is 4.89. The number of nitrogens with zero attached hydrogens (tertiary/aromatic N) is 2. The molecule has 6 heteroatoms. The standard InChI is InChI=1S/C25H26N2O4/c1-24(2,3)31-23(29)27-20-12-8-7-11-18(20)25-13-14-26(15-17-9-5-4-6-10-17)16-19(25)21(28)30-22(25)27/h4-12,16,22H,13-15H2,1-3H3. The number of para-hydroxylation sites is 1. The number of rotatable bonds is 2. The van der Waals surface area contributed by atoms with Crippen LogP contribution in [0.4, 0.5) is 10.5 Å². The topological polar surface area (TPSA) is 59.1 Å². The summed E-state index contributed by atoms with van der Waals surface area (Å²) in [6.45, 7) is 6.96. The van der Waals surface area contributed by atoms with Crippen LogP contribution in [0.5, 0.6) is 0 Å². The molecule has 0 aliphatic carbocycles. The van der Waals surface area contributed by atoms with E-state index >= 15 is 0 Å². The van der Waals surface area contributed by atoms with Crippen molar-refractivity contribution in [3.63, 3.8) is 0 Å². The fraction of sp³-hybridized carbons (Fsp3) is 0.360. The Morgan fingerprint density at radius 3 is 2.58 bits per heavy atom. The molecule has 3 heterocycles. The Kier molecular flexibility index (Phi) is 4.36. The van der Waals surface area contributed by atoms with Crippen molar-refractivity contribution < 1.29 is 19.1 Å². The fourth-order valence-corrected chi connectivity index (χ4v) is 4.89. The molecule has 0 bridgehead atoms. The van der Waals surface area contributed by atoms with Crippen molar-refractivity contribution in [3.05, 3.63) is 77.5 Å². The zero-order chi connectivity index (χ0) is 21.8. The zero-order valence-corrected chi connectivity index (χ0v) is 18.0. The predicted octanol–water partition coefficient (Wildman–Crippen LogP) is 4.35. The molecule has 6 nitrogen and oxygen atoms in total. The smallest absolute Gasteiger partial charge is 0.417 e. The summed E-state index contributed by atoms with van der Waals surface area (Å²) in [5, 5.41) is 0. The van der Waals surface area contributed by atoms with Crippen molar-refractivity contribution in [2.45, 2.75) is 51.0 Å². The first-order chi connectivity index (χ1) is 14.8. The van der Waals surface area contributed by atoms with Gasteiger partial charge in [0.2, 0.25) is 0 Å². The minimum absolute atomic E-state index is 0.370. The highest BCUT2D eigenvalue weighted by Crippen LogP contribution is 2.57. The molecule has 1 saturated heterocycles. The van der Waals surface area contributed by atoms with E-state index in [-0.39, 0.29) is 5.97 Å². The van der Waals surface area contributed by atoms with Gasteiger partial charge in [-0.15, -0.1) is 0 Å². The van der Waals surface area contributed by atoms with Gasteiger partial charge in [0.15, 0.2) is 6.23 Å². The maximum absolute atomic E-state index is 13.1. The van der Waals surface area contributed by atoms with Gasteiger partial charge >= 0.3 is 12.1 Å². The Bertz CT molecular complexity index is 1070. The first-order valence-corrected chi connectivity index (χ1v) is 10.6. The Labute approximate surface area is 182 Å². The molecule has 160 valence electrons. The van der Waals surface area contributed by atoms with Gasteiger partial charge < -0.3 is 14.4 Å². The monoisotopic (exact) mass is 418 g/mol. The lowest BCUT2D eigenvalue weighted by molar-refractivity contribution is -0.139. The number of carbonyl (C=O) groups excluding carboxylic acids is 2. The second kappa shape index (κ2) is 6.87. The lowest BCUT2D eigenvalue weighted by Gasteiger charge is -2.37. The van der Waals surface area contributed by atoms with Crippen molar-refractivity contribution in [2.75, 3.05) is 11.4 Å². The average molecular weight is 418 g/mol. The minimum Gasteiger partial charge on any atom is -0.443 e. The maximum Gasteiger partial charge on any atom is 0.417 e. The first kappa shape index (κ1) is 19.7. The molecule has 2 aromatic carbocycles. The van der Waals surface area contributed by atoms with Crippen LogP contribution in [0.25, 0.3) is 0 Å². The Hall–Kier alpha value is -3.28. The number of esters is 1. The van der Waals surface area contributed by atoms with E-state index in [1.165, 1.54) is 10.5 Å². The summed E-state index contributed by atoms with van der Waals surface area (Å²) < 4.78 is 11.5. The SMILES string of the molecule is CC(C)(C)OC(=O)N1c2ccccc2C23CCN(Cc4ccccc4)C=C2C(=O)OC13. The molecular weight excluding hydrogens is 392 g/mol.